The average molecular weight is 487 g/mol. The molecular formula is C26H35ClN4OS. The van der Waals surface area contributed by atoms with Gasteiger partial charge in [-0.1, -0.05) is 56.3 Å². The molecule has 1 saturated carbocycles. The van der Waals surface area contributed by atoms with E-state index in [4.69, 9.17) is 11.6 Å². The van der Waals surface area contributed by atoms with Crippen LogP contribution < -0.4 is 4.90 Å². The third kappa shape index (κ3) is 5.48. The Morgan fingerprint density at radius 1 is 1.18 bits per heavy atom. The summed E-state index contributed by atoms with van der Waals surface area (Å²) < 4.78 is 0. The molecule has 2 fully saturated rings. The summed E-state index contributed by atoms with van der Waals surface area (Å²) in [7, 11) is 0. The van der Waals surface area contributed by atoms with Crippen LogP contribution in [0.1, 0.15) is 69.8 Å². The number of thioether (sulfide) groups is 1. The maximum absolute atomic E-state index is 13.5. The van der Waals surface area contributed by atoms with E-state index >= 15 is 0 Å². The van der Waals surface area contributed by atoms with Gasteiger partial charge in [-0.05, 0) is 61.6 Å². The van der Waals surface area contributed by atoms with E-state index in [2.05, 4.69) is 60.5 Å². The predicted octanol–water partition coefficient (Wildman–Crippen LogP) is 6.31. The molecule has 2 heterocycles. The molecule has 0 N–H and O–H groups in total. The fourth-order valence-electron chi connectivity index (χ4n) is 5.96. The molecule has 1 aromatic carbocycles. The lowest BCUT2D eigenvalue weighted by molar-refractivity contribution is 0.0708. The standard InChI is InChI=1S/C26H35ClN4OS/c1-6-30(7-2)22-12-21(27)28-24(29-22)33-15-18-9-8-10-19(11-18)23(32)31-17-26(5)14-20(31)13-25(3,4)16-26/h8-12,20H,6-7,13-17H2,1-5H3. The van der Waals surface area contributed by atoms with Gasteiger partial charge in [0.2, 0.25) is 0 Å². The molecule has 5 nitrogen and oxygen atoms in total. The minimum atomic E-state index is 0.163. The van der Waals surface area contributed by atoms with Crippen molar-refractivity contribution in [3.05, 3.63) is 46.6 Å². The van der Waals surface area contributed by atoms with Gasteiger partial charge in [-0.3, -0.25) is 4.79 Å². The quantitative estimate of drug-likeness (QED) is 0.261. The van der Waals surface area contributed by atoms with Crippen LogP contribution >= 0.6 is 23.4 Å². The molecule has 7 heteroatoms. The van der Waals surface area contributed by atoms with E-state index in [9.17, 15) is 4.79 Å². The highest BCUT2D eigenvalue weighted by Gasteiger charge is 2.51. The van der Waals surface area contributed by atoms with Crippen molar-refractivity contribution in [1.82, 2.24) is 14.9 Å². The Morgan fingerprint density at radius 2 is 1.94 bits per heavy atom. The molecule has 1 aliphatic carbocycles. The van der Waals surface area contributed by atoms with Crippen molar-refractivity contribution in [3.8, 4) is 0 Å². The Balaban J connectivity index is 1.47. The zero-order valence-corrected chi connectivity index (χ0v) is 22.0. The number of rotatable bonds is 7. The van der Waals surface area contributed by atoms with Crippen LogP contribution in [0.3, 0.4) is 0 Å². The number of hydrogen-bond acceptors (Lipinski definition) is 5. The molecule has 2 bridgehead atoms. The van der Waals surface area contributed by atoms with E-state index in [-0.39, 0.29) is 11.3 Å². The van der Waals surface area contributed by atoms with Crippen molar-refractivity contribution in [1.29, 1.82) is 0 Å². The van der Waals surface area contributed by atoms with Gasteiger partial charge in [-0.2, -0.15) is 0 Å². The van der Waals surface area contributed by atoms with Crippen LogP contribution in [0.2, 0.25) is 5.15 Å². The van der Waals surface area contributed by atoms with Crippen molar-refractivity contribution in [2.75, 3.05) is 24.5 Å². The molecule has 0 radical (unpaired) electrons. The average Bonchev–Trinajstić information content (AvgIpc) is 3.01. The van der Waals surface area contributed by atoms with Crippen LogP contribution in [-0.4, -0.2) is 46.5 Å². The van der Waals surface area contributed by atoms with E-state index in [0.29, 0.717) is 27.5 Å². The first-order valence-electron chi connectivity index (χ1n) is 11.9. The van der Waals surface area contributed by atoms with Crippen LogP contribution in [0, 0.1) is 10.8 Å². The number of fused-ring (bicyclic) bond motifs is 2. The topological polar surface area (TPSA) is 49.3 Å². The highest BCUT2D eigenvalue weighted by Crippen LogP contribution is 2.52. The van der Waals surface area contributed by atoms with E-state index in [1.54, 1.807) is 11.8 Å². The van der Waals surface area contributed by atoms with Crippen molar-refractivity contribution < 1.29 is 4.79 Å². The van der Waals surface area contributed by atoms with Crippen LogP contribution in [0.4, 0.5) is 5.82 Å². The summed E-state index contributed by atoms with van der Waals surface area (Å²) in [5, 5.41) is 1.11. The highest BCUT2D eigenvalue weighted by atomic mass is 35.5. The summed E-state index contributed by atoms with van der Waals surface area (Å²) in [6, 6.07) is 10.2. The largest absolute Gasteiger partial charge is 0.357 e. The number of nitrogens with zero attached hydrogens (tertiary/aromatic N) is 4. The molecule has 2 atom stereocenters. The van der Waals surface area contributed by atoms with Gasteiger partial charge >= 0.3 is 0 Å². The van der Waals surface area contributed by atoms with E-state index < -0.39 is 0 Å². The molecule has 33 heavy (non-hydrogen) atoms. The number of amides is 1. The van der Waals surface area contributed by atoms with E-state index in [1.165, 1.54) is 6.42 Å². The van der Waals surface area contributed by atoms with Gasteiger partial charge in [0.15, 0.2) is 5.16 Å². The minimum absolute atomic E-state index is 0.163. The van der Waals surface area contributed by atoms with Crippen molar-refractivity contribution in [2.45, 2.75) is 70.8 Å². The maximum Gasteiger partial charge on any atom is 0.254 e. The Morgan fingerprint density at radius 3 is 2.67 bits per heavy atom. The van der Waals surface area contributed by atoms with Crippen LogP contribution in [0.5, 0.6) is 0 Å². The number of carbonyl (C=O) groups excluding carboxylic acids is 1. The number of carbonyl (C=O) groups is 1. The lowest BCUT2D eigenvalue weighted by Gasteiger charge is -2.39. The molecule has 0 spiro atoms. The molecule has 178 valence electrons. The fourth-order valence-corrected chi connectivity index (χ4v) is 6.99. The van der Waals surface area contributed by atoms with Crippen molar-refractivity contribution in [2.24, 2.45) is 10.8 Å². The monoisotopic (exact) mass is 486 g/mol. The predicted molar refractivity (Wildman–Crippen MR) is 137 cm³/mol. The van der Waals surface area contributed by atoms with E-state index in [1.807, 2.05) is 24.3 Å². The SMILES string of the molecule is CCN(CC)c1cc(Cl)nc(SCc2cccc(C(=O)N3CC4(C)CC3CC(C)(C)C4)c2)n1. The third-order valence-corrected chi connectivity index (χ3v) is 8.08. The smallest absolute Gasteiger partial charge is 0.254 e. The van der Waals surface area contributed by atoms with Gasteiger partial charge < -0.3 is 9.80 Å². The van der Waals surface area contributed by atoms with Crippen molar-refractivity contribution >= 4 is 35.1 Å². The lowest BCUT2D eigenvalue weighted by atomic mass is 9.65. The highest BCUT2D eigenvalue weighted by molar-refractivity contribution is 7.98. The molecule has 1 saturated heterocycles. The molecule has 1 aromatic heterocycles. The number of hydrogen-bond donors (Lipinski definition) is 0. The van der Waals surface area contributed by atoms with Crippen molar-refractivity contribution in [3.63, 3.8) is 0 Å². The number of aromatic nitrogens is 2. The summed E-state index contributed by atoms with van der Waals surface area (Å²) in [5.74, 6) is 1.70. The normalized spacial score (nSPS) is 23.6. The fraction of sp³-hybridized carbons (Fsp3) is 0.577. The zero-order valence-electron chi connectivity index (χ0n) is 20.4. The Hall–Kier alpha value is -1.79. The summed E-state index contributed by atoms with van der Waals surface area (Å²) in [6.07, 6.45) is 3.40. The van der Waals surface area contributed by atoms with Gasteiger partial charge in [0.05, 0.1) is 0 Å². The second-order valence-corrected chi connectivity index (χ2v) is 12.0. The van der Waals surface area contributed by atoms with Crippen LogP contribution in [0.25, 0.3) is 0 Å². The molecule has 1 aliphatic heterocycles. The molecule has 2 aliphatic rings. The third-order valence-electron chi connectivity index (χ3n) is 6.97. The second-order valence-electron chi connectivity index (χ2n) is 10.6. The minimum Gasteiger partial charge on any atom is -0.357 e. The first kappa shape index (κ1) is 24.3. The maximum atomic E-state index is 13.5. The van der Waals surface area contributed by atoms with Crippen LogP contribution in [0.15, 0.2) is 35.5 Å². The van der Waals surface area contributed by atoms with Gasteiger partial charge in [-0.15, -0.1) is 0 Å². The van der Waals surface area contributed by atoms with Crippen LogP contribution in [-0.2, 0) is 5.75 Å². The molecule has 2 unspecified atom stereocenters. The lowest BCUT2D eigenvalue weighted by Crippen LogP contribution is -2.37. The van der Waals surface area contributed by atoms with Gasteiger partial charge in [0.1, 0.15) is 11.0 Å². The van der Waals surface area contributed by atoms with Gasteiger partial charge in [0, 0.05) is 43.1 Å². The van der Waals surface area contributed by atoms with Gasteiger partial charge in [-0.25, -0.2) is 9.97 Å². The summed E-state index contributed by atoms with van der Waals surface area (Å²) in [5.41, 5.74) is 2.40. The number of likely N-dealkylation sites (tertiary alicyclic amines) is 1. The summed E-state index contributed by atoms with van der Waals surface area (Å²) >= 11 is 7.81. The number of halogens is 1. The molecule has 4 rings (SSSR count). The first-order chi connectivity index (χ1) is 15.6. The van der Waals surface area contributed by atoms with E-state index in [0.717, 1.165) is 49.4 Å². The Bertz CT molecular complexity index is 1030. The Kier molecular flexibility index (Phi) is 6.97. The number of anilines is 1. The Labute approximate surface area is 207 Å². The second kappa shape index (κ2) is 9.46. The first-order valence-corrected chi connectivity index (χ1v) is 13.3. The zero-order chi connectivity index (χ0) is 23.8. The molecule has 1 amide bonds. The summed E-state index contributed by atoms with van der Waals surface area (Å²) in [4.78, 5) is 26.8. The summed E-state index contributed by atoms with van der Waals surface area (Å²) in [6.45, 7) is 13.8. The molecule has 2 aromatic rings. The molecular weight excluding hydrogens is 452 g/mol. The number of benzene rings is 1. The van der Waals surface area contributed by atoms with Gasteiger partial charge in [0.25, 0.3) is 5.91 Å².